The van der Waals surface area contributed by atoms with Crippen LogP contribution in [-0.2, 0) is 24.4 Å². The Bertz CT molecular complexity index is 580. The number of ether oxygens (including phenoxy) is 1. The summed E-state index contributed by atoms with van der Waals surface area (Å²) < 4.78 is 11.1. The molecule has 0 saturated carbocycles. The maximum atomic E-state index is 5.72. The maximum Gasteiger partial charge on any atom is 0.247 e. The molecule has 0 aliphatic carbocycles. The van der Waals surface area contributed by atoms with Gasteiger partial charge >= 0.3 is 0 Å². The molecule has 2 aromatic rings. The summed E-state index contributed by atoms with van der Waals surface area (Å²) in [6.07, 6.45) is 1.82. The average Bonchev–Trinajstić information content (AvgIpc) is 3.11. The first-order valence-electron chi connectivity index (χ1n) is 7.10. The number of hydrogen-bond donors (Lipinski definition) is 1. The Hall–Kier alpha value is -1.72. The van der Waals surface area contributed by atoms with Gasteiger partial charge in [-0.2, -0.15) is 0 Å². The summed E-state index contributed by atoms with van der Waals surface area (Å²) in [5.74, 6) is 1.30. The van der Waals surface area contributed by atoms with Gasteiger partial charge < -0.3 is 14.5 Å². The van der Waals surface area contributed by atoms with E-state index in [4.69, 9.17) is 9.15 Å². The average molecular weight is 273 g/mol. The minimum Gasteiger partial charge on any atom is -0.421 e. The summed E-state index contributed by atoms with van der Waals surface area (Å²) in [5.41, 5.74) is 3.44. The molecule has 2 heterocycles. The van der Waals surface area contributed by atoms with E-state index in [9.17, 15) is 0 Å². The van der Waals surface area contributed by atoms with E-state index in [1.165, 1.54) is 11.1 Å². The third-order valence-electron chi connectivity index (χ3n) is 3.43. The number of nitrogens with zero attached hydrogens (tertiary/aromatic N) is 2. The quantitative estimate of drug-likeness (QED) is 0.818. The largest absolute Gasteiger partial charge is 0.421 e. The van der Waals surface area contributed by atoms with Crippen LogP contribution in [0.3, 0.4) is 0 Å². The van der Waals surface area contributed by atoms with Crippen molar-refractivity contribution in [2.75, 3.05) is 13.1 Å². The van der Waals surface area contributed by atoms with Crippen molar-refractivity contribution in [3.63, 3.8) is 0 Å². The second-order valence-corrected chi connectivity index (χ2v) is 4.93. The highest BCUT2D eigenvalue weighted by molar-refractivity contribution is 5.55. The molecule has 0 atom stereocenters. The van der Waals surface area contributed by atoms with E-state index in [0.29, 0.717) is 25.0 Å². The lowest BCUT2D eigenvalue weighted by atomic mass is 10.1. The molecule has 106 valence electrons. The molecule has 0 fully saturated rings. The lowest BCUT2D eigenvalue weighted by Gasteiger charge is -1.99. The predicted molar refractivity (Wildman–Crippen MR) is 75.1 cm³/mol. The van der Waals surface area contributed by atoms with Gasteiger partial charge in [-0.1, -0.05) is 13.0 Å². The van der Waals surface area contributed by atoms with Crippen molar-refractivity contribution in [1.82, 2.24) is 15.5 Å². The van der Waals surface area contributed by atoms with Crippen molar-refractivity contribution in [2.45, 2.75) is 33.0 Å². The van der Waals surface area contributed by atoms with Crippen molar-refractivity contribution >= 4 is 0 Å². The SMILES string of the molecule is CCNCCCc1nnc(-c2ccc3c(c2)COC3)o1. The van der Waals surface area contributed by atoms with Crippen LogP contribution >= 0.6 is 0 Å². The van der Waals surface area contributed by atoms with Crippen LogP contribution in [0.15, 0.2) is 22.6 Å². The van der Waals surface area contributed by atoms with Gasteiger partial charge in [0.25, 0.3) is 0 Å². The molecule has 1 aliphatic heterocycles. The summed E-state index contributed by atoms with van der Waals surface area (Å²) in [5, 5.41) is 11.5. The fourth-order valence-corrected chi connectivity index (χ4v) is 2.32. The van der Waals surface area contributed by atoms with Crippen molar-refractivity contribution in [3.8, 4) is 11.5 Å². The highest BCUT2D eigenvalue weighted by Crippen LogP contribution is 2.26. The van der Waals surface area contributed by atoms with E-state index in [2.05, 4.69) is 34.6 Å². The molecule has 1 N–H and O–H groups in total. The van der Waals surface area contributed by atoms with Gasteiger partial charge in [0, 0.05) is 12.0 Å². The number of nitrogens with one attached hydrogen (secondary N) is 1. The number of aromatic nitrogens is 2. The Kier molecular flexibility index (Phi) is 4.08. The second-order valence-electron chi connectivity index (χ2n) is 4.93. The summed E-state index contributed by atoms with van der Waals surface area (Å²) in [4.78, 5) is 0. The van der Waals surface area contributed by atoms with Crippen LogP contribution in [0.4, 0.5) is 0 Å². The molecule has 1 aliphatic rings. The van der Waals surface area contributed by atoms with E-state index < -0.39 is 0 Å². The van der Waals surface area contributed by atoms with Crippen molar-refractivity contribution < 1.29 is 9.15 Å². The van der Waals surface area contributed by atoms with Crippen LogP contribution in [0.25, 0.3) is 11.5 Å². The second kappa shape index (κ2) is 6.15. The highest BCUT2D eigenvalue weighted by atomic mass is 16.5. The maximum absolute atomic E-state index is 5.72. The van der Waals surface area contributed by atoms with E-state index >= 15 is 0 Å². The van der Waals surface area contributed by atoms with Crippen LogP contribution in [0, 0.1) is 0 Å². The monoisotopic (exact) mass is 273 g/mol. The van der Waals surface area contributed by atoms with Gasteiger partial charge in [0.2, 0.25) is 11.8 Å². The Morgan fingerprint density at radius 3 is 3.00 bits per heavy atom. The minimum absolute atomic E-state index is 0.596. The zero-order chi connectivity index (χ0) is 13.8. The van der Waals surface area contributed by atoms with Gasteiger partial charge in [0.1, 0.15) is 0 Å². The Balaban J connectivity index is 1.67. The van der Waals surface area contributed by atoms with Crippen LogP contribution in [0.1, 0.15) is 30.4 Å². The molecule has 0 unspecified atom stereocenters. The van der Waals surface area contributed by atoms with Crippen molar-refractivity contribution in [3.05, 3.63) is 35.2 Å². The summed E-state index contributed by atoms with van der Waals surface area (Å²) in [6, 6.07) is 6.18. The molecule has 1 aromatic heterocycles. The van der Waals surface area contributed by atoms with Gasteiger partial charge in [-0.25, -0.2) is 0 Å². The number of aryl methyl sites for hydroxylation is 1. The molecule has 5 heteroatoms. The third-order valence-corrected chi connectivity index (χ3v) is 3.43. The molecule has 0 amide bonds. The topological polar surface area (TPSA) is 60.2 Å². The van der Waals surface area contributed by atoms with E-state index in [1.54, 1.807) is 0 Å². The molecule has 1 aromatic carbocycles. The molecule has 3 rings (SSSR count). The van der Waals surface area contributed by atoms with Crippen LogP contribution in [0.5, 0.6) is 0 Å². The molecular formula is C15H19N3O2. The number of rotatable bonds is 6. The molecule has 5 nitrogen and oxygen atoms in total. The molecule has 0 bridgehead atoms. The first kappa shape index (κ1) is 13.3. The van der Waals surface area contributed by atoms with E-state index in [0.717, 1.165) is 31.5 Å². The van der Waals surface area contributed by atoms with E-state index in [1.807, 2.05) is 6.07 Å². The van der Waals surface area contributed by atoms with Crippen LogP contribution < -0.4 is 5.32 Å². The molecule has 0 spiro atoms. The summed E-state index contributed by atoms with van der Waals surface area (Å²) in [6.45, 7) is 5.45. The lowest BCUT2D eigenvalue weighted by molar-refractivity contribution is 0.134. The van der Waals surface area contributed by atoms with Gasteiger partial charge in [0.15, 0.2) is 0 Å². The van der Waals surface area contributed by atoms with Gasteiger partial charge in [-0.05, 0) is 42.8 Å². The Morgan fingerprint density at radius 1 is 1.20 bits per heavy atom. The number of fused-ring (bicyclic) bond motifs is 1. The zero-order valence-electron chi connectivity index (χ0n) is 11.7. The van der Waals surface area contributed by atoms with Gasteiger partial charge in [-0.15, -0.1) is 10.2 Å². The first-order valence-corrected chi connectivity index (χ1v) is 7.10. The molecular weight excluding hydrogens is 254 g/mol. The zero-order valence-corrected chi connectivity index (χ0v) is 11.7. The third kappa shape index (κ3) is 2.89. The van der Waals surface area contributed by atoms with Crippen molar-refractivity contribution in [1.29, 1.82) is 0 Å². The lowest BCUT2D eigenvalue weighted by Crippen LogP contribution is -2.14. The fourth-order valence-electron chi connectivity index (χ4n) is 2.32. The van der Waals surface area contributed by atoms with Gasteiger partial charge in [-0.3, -0.25) is 0 Å². The fraction of sp³-hybridized carbons (Fsp3) is 0.467. The highest BCUT2D eigenvalue weighted by Gasteiger charge is 2.14. The van der Waals surface area contributed by atoms with Gasteiger partial charge in [0.05, 0.1) is 13.2 Å². The van der Waals surface area contributed by atoms with Crippen LogP contribution in [-0.4, -0.2) is 23.3 Å². The molecule has 20 heavy (non-hydrogen) atoms. The normalized spacial score (nSPS) is 13.7. The standard InChI is InChI=1S/C15H19N3O2/c1-2-16-7-3-4-14-17-18-15(20-14)11-5-6-12-9-19-10-13(12)8-11/h5-6,8,16H,2-4,7,9-10H2,1H3. The first-order chi connectivity index (χ1) is 9.86. The smallest absolute Gasteiger partial charge is 0.247 e. The summed E-state index contributed by atoms with van der Waals surface area (Å²) in [7, 11) is 0. The number of hydrogen-bond acceptors (Lipinski definition) is 5. The van der Waals surface area contributed by atoms with Crippen LogP contribution in [0.2, 0.25) is 0 Å². The Morgan fingerprint density at radius 2 is 2.10 bits per heavy atom. The van der Waals surface area contributed by atoms with E-state index in [-0.39, 0.29) is 0 Å². The number of benzene rings is 1. The summed E-state index contributed by atoms with van der Waals surface area (Å²) >= 11 is 0. The Labute approximate surface area is 118 Å². The predicted octanol–water partition coefficient (Wildman–Crippen LogP) is 2.31. The minimum atomic E-state index is 0.596. The molecule has 0 saturated heterocycles. The molecule has 0 radical (unpaired) electrons. The van der Waals surface area contributed by atoms with Crippen molar-refractivity contribution in [2.24, 2.45) is 0 Å².